The normalized spacial score (nSPS) is 10.3. The number of aromatic hydroxyl groups is 1. The minimum atomic E-state index is -0.456. The Hall–Kier alpha value is -3.52. The van der Waals surface area contributed by atoms with Crippen LogP contribution >= 0.6 is 0 Å². The van der Waals surface area contributed by atoms with Crippen molar-refractivity contribution in [3.05, 3.63) is 70.0 Å². The standard InChI is InChI=1S/C20H16N2O3/c1-12-3-5-13(6-4-12)17-10-15(16(11-21)20(24)22-17)14-7-8-18(23)19(9-14)25-2/h3-10,23H,1-2H3,(H,22,24). The van der Waals surface area contributed by atoms with Gasteiger partial charge in [-0.1, -0.05) is 35.9 Å². The Balaban J connectivity index is 2.23. The Labute approximate surface area is 144 Å². The first-order valence-corrected chi connectivity index (χ1v) is 7.65. The van der Waals surface area contributed by atoms with E-state index in [0.717, 1.165) is 11.1 Å². The summed E-state index contributed by atoms with van der Waals surface area (Å²) in [4.78, 5) is 15.1. The molecule has 0 aliphatic carbocycles. The minimum Gasteiger partial charge on any atom is -0.504 e. The van der Waals surface area contributed by atoms with Gasteiger partial charge in [-0.25, -0.2) is 0 Å². The van der Waals surface area contributed by atoms with Gasteiger partial charge in [0.2, 0.25) is 0 Å². The summed E-state index contributed by atoms with van der Waals surface area (Å²) in [5.74, 6) is 0.270. The predicted molar refractivity (Wildman–Crippen MR) is 95.6 cm³/mol. The van der Waals surface area contributed by atoms with Crippen LogP contribution in [0.5, 0.6) is 11.5 Å². The highest BCUT2D eigenvalue weighted by atomic mass is 16.5. The van der Waals surface area contributed by atoms with Crippen LogP contribution < -0.4 is 10.3 Å². The van der Waals surface area contributed by atoms with Gasteiger partial charge in [-0.05, 0) is 36.2 Å². The highest BCUT2D eigenvalue weighted by Crippen LogP contribution is 2.33. The molecule has 0 amide bonds. The van der Waals surface area contributed by atoms with Crippen molar-refractivity contribution in [1.29, 1.82) is 5.26 Å². The summed E-state index contributed by atoms with van der Waals surface area (Å²) in [6.45, 7) is 1.99. The summed E-state index contributed by atoms with van der Waals surface area (Å²) in [6, 6.07) is 16.2. The fourth-order valence-electron chi connectivity index (χ4n) is 2.63. The molecule has 2 N–H and O–H groups in total. The van der Waals surface area contributed by atoms with Crippen LogP contribution in [0.25, 0.3) is 22.4 Å². The number of aromatic amines is 1. The number of hydrogen-bond donors (Lipinski definition) is 2. The molecule has 3 aromatic rings. The molecule has 0 aliphatic heterocycles. The quantitative estimate of drug-likeness (QED) is 0.767. The number of pyridine rings is 1. The molecule has 0 spiro atoms. The van der Waals surface area contributed by atoms with Gasteiger partial charge in [-0.3, -0.25) is 4.79 Å². The molecule has 0 fully saturated rings. The number of benzene rings is 2. The number of nitrogens with one attached hydrogen (secondary N) is 1. The van der Waals surface area contributed by atoms with Crippen LogP contribution in [0.4, 0.5) is 0 Å². The van der Waals surface area contributed by atoms with Crippen LogP contribution in [0.1, 0.15) is 11.1 Å². The average molecular weight is 332 g/mol. The monoisotopic (exact) mass is 332 g/mol. The molecule has 1 aromatic heterocycles. The SMILES string of the molecule is COc1cc(-c2cc(-c3ccc(C)cc3)[nH]c(=O)c2C#N)ccc1O. The van der Waals surface area contributed by atoms with Crippen LogP contribution in [-0.4, -0.2) is 17.2 Å². The molecule has 124 valence electrons. The molecule has 0 radical (unpaired) electrons. The van der Waals surface area contributed by atoms with Crippen molar-refractivity contribution < 1.29 is 9.84 Å². The van der Waals surface area contributed by atoms with Crippen LogP contribution in [-0.2, 0) is 0 Å². The number of ether oxygens (including phenoxy) is 1. The van der Waals surface area contributed by atoms with Gasteiger partial charge in [0.05, 0.1) is 7.11 Å². The maximum atomic E-state index is 12.4. The highest BCUT2D eigenvalue weighted by molar-refractivity contribution is 5.76. The summed E-state index contributed by atoms with van der Waals surface area (Å²) in [5, 5.41) is 19.2. The Kier molecular flexibility index (Phi) is 4.27. The van der Waals surface area contributed by atoms with E-state index >= 15 is 0 Å². The van der Waals surface area contributed by atoms with Crippen molar-refractivity contribution in [2.75, 3.05) is 7.11 Å². The lowest BCUT2D eigenvalue weighted by Gasteiger charge is -2.10. The van der Waals surface area contributed by atoms with E-state index in [1.165, 1.54) is 13.2 Å². The zero-order chi connectivity index (χ0) is 18.0. The minimum absolute atomic E-state index is 0.00615. The van der Waals surface area contributed by atoms with Gasteiger partial charge in [0.15, 0.2) is 11.5 Å². The highest BCUT2D eigenvalue weighted by Gasteiger charge is 2.14. The van der Waals surface area contributed by atoms with Gasteiger partial charge < -0.3 is 14.8 Å². The predicted octanol–water partition coefficient (Wildman–Crippen LogP) is 3.60. The Bertz CT molecular complexity index is 1030. The van der Waals surface area contributed by atoms with E-state index in [1.54, 1.807) is 18.2 Å². The molecule has 0 atom stereocenters. The number of phenolic OH excluding ortho intramolecular Hbond substituents is 1. The third-order valence-electron chi connectivity index (χ3n) is 4.00. The second-order valence-electron chi connectivity index (χ2n) is 5.67. The van der Waals surface area contributed by atoms with Crippen molar-refractivity contribution in [2.45, 2.75) is 6.92 Å². The van der Waals surface area contributed by atoms with Crippen LogP contribution in [0, 0.1) is 18.3 Å². The second-order valence-corrected chi connectivity index (χ2v) is 5.67. The van der Waals surface area contributed by atoms with E-state index in [-0.39, 0.29) is 17.1 Å². The van der Waals surface area contributed by atoms with E-state index in [2.05, 4.69) is 4.98 Å². The van der Waals surface area contributed by atoms with Gasteiger partial charge in [-0.15, -0.1) is 0 Å². The molecule has 2 aromatic carbocycles. The molecular weight excluding hydrogens is 316 g/mol. The van der Waals surface area contributed by atoms with Crippen molar-refractivity contribution >= 4 is 0 Å². The second kappa shape index (κ2) is 6.54. The number of nitriles is 1. The lowest BCUT2D eigenvalue weighted by Crippen LogP contribution is -2.12. The fourth-order valence-corrected chi connectivity index (χ4v) is 2.63. The lowest BCUT2D eigenvalue weighted by atomic mass is 9.98. The first-order valence-electron chi connectivity index (χ1n) is 7.65. The summed E-state index contributed by atoms with van der Waals surface area (Å²) in [5.41, 5.74) is 3.24. The molecule has 0 unspecified atom stereocenters. The van der Waals surface area contributed by atoms with Crippen molar-refractivity contribution in [2.24, 2.45) is 0 Å². The smallest absolute Gasteiger partial charge is 0.266 e. The van der Waals surface area contributed by atoms with Crippen LogP contribution in [0.15, 0.2) is 53.3 Å². The van der Waals surface area contributed by atoms with E-state index in [9.17, 15) is 15.2 Å². The first kappa shape index (κ1) is 16.3. The molecule has 0 saturated carbocycles. The topological polar surface area (TPSA) is 86.1 Å². The number of aryl methyl sites for hydroxylation is 1. The summed E-state index contributed by atoms with van der Waals surface area (Å²) in [7, 11) is 1.44. The largest absolute Gasteiger partial charge is 0.504 e. The zero-order valence-corrected chi connectivity index (χ0v) is 13.8. The molecule has 0 bridgehead atoms. The zero-order valence-electron chi connectivity index (χ0n) is 13.8. The number of nitrogens with zero attached hydrogens (tertiary/aromatic N) is 1. The molecule has 0 aliphatic rings. The Morgan fingerprint density at radius 2 is 1.76 bits per heavy atom. The average Bonchev–Trinajstić information content (AvgIpc) is 2.62. The molecule has 1 heterocycles. The molecular formula is C20H16N2O3. The molecule has 25 heavy (non-hydrogen) atoms. The van der Waals surface area contributed by atoms with E-state index in [4.69, 9.17) is 4.74 Å². The van der Waals surface area contributed by atoms with Crippen LogP contribution in [0.2, 0.25) is 0 Å². The Morgan fingerprint density at radius 3 is 2.40 bits per heavy atom. The summed E-state index contributed by atoms with van der Waals surface area (Å²) >= 11 is 0. The lowest BCUT2D eigenvalue weighted by molar-refractivity contribution is 0.373. The van der Waals surface area contributed by atoms with E-state index in [1.807, 2.05) is 37.3 Å². The fraction of sp³-hybridized carbons (Fsp3) is 0.100. The third kappa shape index (κ3) is 3.10. The molecule has 0 saturated heterocycles. The van der Waals surface area contributed by atoms with Crippen LogP contribution in [0.3, 0.4) is 0 Å². The van der Waals surface area contributed by atoms with Crippen molar-refractivity contribution in [3.63, 3.8) is 0 Å². The number of hydrogen-bond acceptors (Lipinski definition) is 4. The number of aromatic nitrogens is 1. The van der Waals surface area contributed by atoms with Crippen molar-refractivity contribution in [1.82, 2.24) is 4.98 Å². The number of rotatable bonds is 3. The van der Waals surface area contributed by atoms with E-state index < -0.39 is 5.56 Å². The van der Waals surface area contributed by atoms with Gasteiger partial charge >= 0.3 is 0 Å². The van der Waals surface area contributed by atoms with Gasteiger partial charge in [0.1, 0.15) is 11.6 Å². The summed E-state index contributed by atoms with van der Waals surface area (Å²) in [6.07, 6.45) is 0. The molecule has 3 rings (SSSR count). The Morgan fingerprint density at radius 1 is 1.08 bits per heavy atom. The number of phenols is 1. The first-order chi connectivity index (χ1) is 12.0. The maximum Gasteiger partial charge on any atom is 0.266 e. The van der Waals surface area contributed by atoms with Gasteiger partial charge in [-0.2, -0.15) is 5.26 Å². The summed E-state index contributed by atoms with van der Waals surface area (Å²) < 4.78 is 5.12. The van der Waals surface area contributed by atoms with Gasteiger partial charge in [0, 0.05) is 11.3 Å². The van der Waals surface area contributed by atoms with E-state index in [0.29, 0.717) is 16.8 Å². The molecule has 5 heteroatoms. The van der Waals surface area contributed by atoms with Crippen molar-refractivity contribution in [3.8, 4) is 40.0 Å². The molecule has 5 nitrogen and oxygen atoms in total. The number of methoxy groups -OCH3 is 1. The third-order valence-corrected chi connectivity index (χ3v) is 4.00. The van der Waals surface area contributed by atoms with Gasteiger partial charge in [0.25, 0.3) is 5.56 Å². The number of H-pyrrole nitrogens is 1. The maximum absolute atomic E-state index is 12.4.